The highest BCUT2D eigenvalue weighted by atomic mass is 31.1. The Morgan fingerprint density at radius 3 is 2.46 bits per heavy atom. The molecular formula is C12H16P. The minimum Gasteiger partial charge on any atom is -0.0872 e. The minimum atomic E-state index is 0.983. The largest absolute Gasteiger partial charge is 0.0872 e. The first-order valence-electron chi connectivity index (χ1n) is 5.18. The van der Waals surface area contributed by atoms with Crippen LogP contribution < -0.4 is 5.30 Å². The van der Waals surface area contributed by atoms with Crippen LogP contribution in [0.2, 0.25) is 0 Å². The molecule has 1 aliphatic carbocycles. The van der Waals surface area contributed by atoms with Gasteiger partial charge >= 0.3 is 0 Å². The Morgan fingerprint density at radius 1 is 1.08 bits per heavy atom. The molecule has 13 heavy (non-hydrogen) atoms. The normalized spacial score (nSPS) is 19.7. The first kappa shape index (κ1) is 9.21. The molecule has 69 valence electrons. The molecule has 0 amide bonds. The van der Waals surface area contributed by atoms with E-state index in [0.29, 0.717) is 0 Å². The summed E-state index contributed by atoms with van der Waals surface area (Å²) in [6.45, 7) is 0. The van der Waals surface area contributed by atoms with Crippen LogP contribution in [0.5, 0.6) is 0 Å². The third kappa shape index (κ3) is 2.81. The minimum absolute atomic E-state index is 0.983. The second-order valence-electron chi connectivity index (χ2n) is 3.77. The van der Waals surface area contributed by atoms with Crippen LogP contribution >= 0.6 is 8.58 Å². The zero-order valence-corrected chi connectivity index (χ0v) is 8.92. The van der Waals surface area contributed by atoms with Crippen molar-refractivity contribution >= 4 is 13.9 Å². The van der Waals surface area contributed by atoms with Gasteiger partial charge in [0.1, 0.15) is 0 Å². The fourth-order valence-electron chi connectivity index (χ4n) is 1.97. The molecule has 1 unspecified atom stereocenters. The highest BCUT2D eigenvalue weighted by Crippen LogP contribution is 2.31. The maximum Gasteiger partial charge on any atom is -0.0184 e. The van der Waals surface area contributed by atoms with Crippen LogP contribution in [0.4, 0.5) is 0 Å². The molecule has 1 fully saturated rings. The molecule has 1 aromatic carbocycles. The zero-order chi connectivity index (χ0) is 8.93. The fourth-order valence-corrected chi connectivity index (χ4v) is 3.49. The van der Waals surface area contributed by atoms with Gasteiger partial charge in [0.05, 0.1) is 0 Å². The lowest BCUT2D eigenvalue weighted by Gasteiger charge is -2.21. The monoisotopic (exact) mass is 191 g/mol. The molecule has 0 spiro atoms. The van der Waals surface area contributed by atoms with Crippen molar-refractivity contribution in [2.24, 2.45) is 0 Å². The first-order chi connectivity index (χ1) is 6.45. The van der Waals surface area contributed by atoms with Gasteiger partial charge in [-0.3, -0.25) is 0 Å². The van der Waals surface area contributed by atoms with Crippen molar-refractivity contribution in [1.29, 1.82) is 0 Å². The Bertz CT molecular complexity index is 237. The molecule has 0 saturated heterocycles. The Balaban J connectivity index is 1.90. The molecule has 0 aromatic heterocycles. The molecule has 1 aliphatic rings. The second kappa shape index (κ2) is 4.77. The summed E-state index contributed by atoms with van der Waals surface area (Å²) >= 11 is 0. The summed E-state index contributed by atoms with van der Waals surface area (Å²) in [7, 11) is 1.03. The number of benzene rings is 1. The smallest absolute Gasteiger partial charge is 0.0184 e. The molecule has 1 aromatic rings. The van der Waals surface area contributed by atoms with E-state index < -0.39 is 0 Å². The third-order valence-electron chi connectivity index (χ3n) is 2.69. The predicted molar refractivity (Wildman–Crippen MR) is 60.1 cm³/mol. The summed E-state index contributed by atoms with van der Waals surface area (Å²) in [5, 5.41) is 1.52. The van der Waals surface area contributed by atoms with E-state index in [1.54, 1.807) is 0 Å². The average Bonchev–Trinajstić information content (AvgIpc) is 2.21. The van der Waals surface area contributed by atoms with Crippen molar-refractivity contribution in [2.45, 2.75) is 37.8 Å². The van der Waals surface area contributed by atoms with Gasteiger partial charge in [-0.25, -0.2) is 0 Å². The fraction of sp³-hybridized carbons (Fsp3) is 0.500. The van der Waals surface area contributed by atoms with E-state index in [4.69, 9.17) is 0 Å². The Kier molecular flexibility index (Phi) is 3.38. The van der Waals surface area contributed by atoms with E-state index in [0.717, 1.165) is 14.2 Å². The van der Waals surface area contributed by atoms with Gasteiger partial charge in [-0.05, 0) is 29.9 Å². The first-order valence-corrected chi connectivity index (χ1v) is 6.25. The van der Waals surface area contributed by atoms with E-state index >= 15 is 0 Å². The molecule has 2 rings (SSSR count). The van der Waals surface area contributed by atoms with Gasteiger partial charge in [-0.2, -0.15) is 0 Å². The van der Waals surface area contributed by atoms with E-state index in [-0.39, 0.29) is 0 Å². The van der Waals surface area contributed by atoms with Gasteiger partial charge in [0, 0.05) is 0 Å². The summed E-state index contributed by atoms with van der Waals surface area (Å²) < 4.78 is 0. The molecule has 0 bridgehead atoms. The molecule has 1 heteroatoms. The summed E-state index contributed by atoms with van der Waals surface area (Å²) in [4.78, 5) is 0. The topological polar surface area (TPSA) is 0 Å². The quantitative estimate of drug-likeness (QED) is 0.630. The molecule has 0 N–H and O–H groups in total. The van der Waals surface area contributed by atoms with E-state index in [9.17, 15) is 0 Å². The number of rotatable bonds is 2. The zero-order valence-electron chi connectivity index (χ0n) is 7.92. The van der Waals surface area contributed by atoms with Crippen molar-refractivity contribution in [3.8, 4) is 0 Å². The highest BCUT2D eigenvalue weighted by Gasteiger charge is 2.13. The number of hydrogen-bond donors (Lipinski definition) is 0. The molecular weight excluding hydrogens is 175 g/mol. The lowest BCUT2D eigenvalue weighted by Crippen LogP contribution is -2.10. The van der Waals surface area contributed by atoms with Crippen LogP contribution in [-0.4, -0.2) is 5.66 Å². The summed E-state index contributed by atoms with van der Waals surface area (Å²) in [5.74, 6) is 0. The molecule has 1 saturated carbocycles. The maximum atomic E-state index is 3.07. The predicted octanol–water partition coefficient (Wildman–Crippen LogP) is 3.12. The summed E-state index contributed by atoms with van der Waals surface area (Å²) in [6.07, 6.45) is 7.28. The Hall–Kier alpha value is -0.350. The third-order valence-corrected chi connectivity index (χ3v) is 4.35. The van der Waals surface area contributed by atoms with E-state index in [2.05, 4.69) is 18.2 Å². The summed E-state index contributed by atoms with van der Waals surface area (Å²) in [5.41, 5.74) is 0.983. The average molecular weight is 191 g/mol. The van der Waals surface area contributed by atoms with Crippen LogP contribution in [0.25, 0.3) is 0 Å². The van der Waals surface area contributed by atoms with Gasteiger partial charge in [0.25, 0.3) is 0 Å². The van der Waals surface area contributed by atoms with Crippen LogP contribution in [0.3, 0.4) is 0 Å². The van der Waals surface area contributed by atoms with Crippen LogP contribution in [-0.2, 0) is 0 Å². The molecule has 1 radical (unpaired) electrons. The van der Waals surface area contributed by atoms with Gasteiger partial charge in [-0.15, -0.1) is 0 Å². The van der Waals surface area contributed by atoms with Crippen LogP contribution in [0.1, 0.15) is 32.1 Å². The summed E-state index contributed by atoms with van der Waals surface area (Å²) in [6, 6.07) is 11.6. The Labute approximate surface area is 82.5 Å². The molecule has 0 aliphatic heterocycles. The number of hydrogen-bond acceptors (Lipinski definition) is 0. The highest BCUT2D eigenvalue weighted by molar-refractivity contribution is 7.48. The standard InChI is InChI=1S/C12H16P/c1-3-7-11(8-4-1)13-12-9-5-2-6-10-12/h5-6,9-11,13H,1,3-4,7-8H2. The van der Waals surface area contributed by atoms with Crippen molar-refractivity contribution in [1.82, 2.24) is 0 Å². The van der Waals surface area contributed by atoms with Gasteiger partial charge in [0.15, 0.2) is 0 Å². The van der Waals surface area contributed by atoms with Gasteiger partial charge < -0.3 is 0 Å². The lowest BCUT2D eigenvalue weighted by atomic mass is 10.0. The molecule has 0 nitrogen and oxygen atoms in total. The van der Waals surface area contributed by atoms with E-state index in [1.165, 1.54) is 37.4 Å². The molecule has 1 atom stereocenters. The second-order valence-corrected chi connectivity index (χ2v) is 5.45. The van der Waals surface area contributed by atoms with Crippen molar-refractivity contribution in [2.75, 3.05) is 0 Å². The maximum absolute atomic E-state index is 3.07. The van der Waals surface area contributed by atoms with Crippen LogP contribution in [0.15, 0.2) is 24.3 Å². The van der Waals surface area contributed by atoms with E-state index in [1.807, 2.05) is 12.1 Å². The van der Waals surface area contributed by atoms with Crippen molar-refractivity contribution in [3.05, 3.63) is 30.3 Å². The lowest BCUT2D eigenvalue weighted by molar-refractivity contribution is 0.514. The van der Waals surface area contributed by atoms with Crippen molar-refractivity contribution < 1.29 is 0 Å². The Morgan fingerprint density at radius 2 is 1.77 bits per heavy atom. The SMILES string of the molecule is [c]1ccc(PC2CCCCC2)cc1. The van der Waals surface area contributed by atoms with Gasteiger partial charge in [-0.1, -0.05) is 52.1 Å². The van der Waals surface area contributed by atoms with Crippen molar-refractivity contribution in [3.63, 3.8) is 0 Å². The van der Waals surface area contributed by atoms with Gasteiger partial charge in [0.2, 0.25) is 0 Å². The molecule has 0 heterocycles. The van der Waals surface area contributed by atoms with Crippen LogP contribution in [0, 0.1) is 6.07 Å².